The van der Waals surface area contributed by atoms with Gasteiger partial charge in [-0.25, -0.2) is 0 Å². The fourth-order valence-corrected chi connectivity index (χ4v) is 2.55. The van der Waals surface area contributed by atoms with Gasteiger partial charge in [0, 0.05) is 26.4 Å². The van der Waals surface area contributed by atoms with Crippen LogP contribution >= 0.6 is 0 Å². The molecule has 3 rings (SSSR count). The Balaban J connectivity index is 1.59. The first-order valence-corrected chi connectivity index (χ1v) is 8.20. The molecule has 0 aromatic carbocycles. The van der Waals surface area contributed by atoms with Crippen molar-refractivity contribution in [2.75, 3.05) is 7.05 Å². The summed E-state index contributed by atoms with van der Waals surface area (Å²) in [5, 5.41) is 12.5. The largest absolute Gasteiger partial charge is 0.467 e. The van der Waals surface area contributed by atoms with Crippen LogP contribution in [0.2, 0.25) is 0 Å². The zero-order valence-electron chi connectivity index (χ0n) is 14.6. The average molecular weight is 343 g/mol. The van der Waals surface area contributed by atoms with E-state index in [0.29, 0.717) is 31.2 Å². The maximum atomic E-state index is 12.2. The van der Waals surface area contributed by atoms with Gasteiger partial charge < -0.3 is 13.7 Å². The van der Waals surface area contributed by atoms with Crippen molar-refractivity contribution >= 4 is 5.91 Å². The van der Waals surface area contributed by atoms with E-state index in [9.17, 15) is 4.79 Å². The number of carbonyl (C=O) groups is 1. The van der Waals surface area contributed by atoms with Gasteiger partial charge in [0.1, 0.15) is 11.5 Å². The maximum Gasteiger partial charge on any atom is 0.265 e. The Bertz CT molecular complexity index is 834. The number of amides is 1. The van der Waals surface area contributed by atoms with Gasteiger partial charge in [0.05, 0.1) is 18.5 Å². The van der Waals surface area contributed by atoms with Gasteiger partial charge in [-0.1, -0.05) is 0 Å². The first-order chi connectivity index (χ1) is 12.1. The minimum absolute atomic E-state index is 0.00871. The number of nitrogens with zero attached hydrogens (tertiary/aromatic N) is 5. The molecular weight excluding hydrogens is 322 g/mol. The third kappa shape index (κ3) is 3.96. The minimum Gasteiger partial charge on any atom is -0.467 e. The summed E-state index contributed by atoms with van der Waals surface area (Å²) in [6.45, 7) is 5.08. The van der Waals surface area contributed by atoms with Crippen LogP contribution in [0.15, 0.2) is 33.3 Å². The molecular formula is C17H21N5O3. The summed E-state index contributed by atoms with van der Waals surface area (Å²) in [5.74, 6) is 1.61. The van der Waals surface area contributed by atoms with E-state index in [1.54, 1.807) is 24.3 Å². The van der Waals surface area contributed by atoms with E-state index >= 15 is 0 Å². The van der Waals surface area contributed by atoms with Crippen LogP contribution in [0, 0.1) is 6.92 Å². The summed E-state index contributed by atoms with van der Waals surface area (Å²) >= 11 is 0. The quantitative estimate of drug-likeness (QED) is 0.654. The Kier molecular flexibility index (Phi) is 4.97. The van der Waals surface area contributed by atoms with E-state index in [1.165, 1.54) is 0 Å². The Hall–Kier alpha value is -2.90. The number of carbonyl (C=O) groups excluding carboxylic acids is 1. The van der Waals surface area contributed by atoms with Gasteiger partial charge in [-0.05, 0) is 32.0 Å². The fourth-order valence-electron chi connectivity index (χ4n) is 2.55. The van der Waals surface area contributed by atoms with Crippen molar-refractivity contribution in [2.45, 2.75) is 39.8 Å². The molecule has 0 saturated heterocycles. The second-order valence-electron chi connectivity index (χ2n) is 5.82. The standard InChI is InChI=1S/C17H21N5O3/c1-4-22-14(10-12(2)20-22)17-19-18-15(25-17)7-8-16(23)21(3)11-13-6-5-9-24-13/h5-6,9-10H,4,7-8,11H2,1-3H3. The summed E-state index contributed by atoms with van der Waals surface area (Å²) in [4.78, 5) is 13.8. The predicted octanol–water partition coefficient (Wildman–Crippen LogP) is 2.45. The van der Waals surface area contributed by atoms with Gasteiger partial charge in [-0.2, -0.15) is 5.10 Å². The summed E-state index contributed by atoms with van der Waals surface area (Å²) < 4.78 is 12.8. The molecule has 3 heterocycles. The molecule has 0 fully saturated rings. The molecule has 3 aromatic heterocycles. The second-order valence-corrected chi connectivity index (χ2v) is 5.82. The number of aromatic nitrogens is 4. The molecule has 0 atom stereocenters. The first kappa shape index (κ1) is 16.9. The van der Waals surface area contributed by atoms with Gasteiger partial charge in [-0.15, -0.1) is 10.2 Å². The Morgan fingerprint density at radius 3 is 2.92 bits per heavy atom. The molecule has 0 aliphatic rings. The summed E-state index contributed by atoms with van der Waals surface area (Å²) in [7, 11) is 1.74. The molecule has 3 aromatic rings. The zero-order chi connectivity index (χ0) is 17.8. The molecule has 0 aliphatic heterocycles. The minimum atomic E-state index is -0.00871. The first-order valence-electron chi connectivity index (χ1n) is 8.20. The van der Waals surface area contributed by atoms with Crippen LogP contribution < -0.4 is 0 Å². The summed E-state index contributed by atoms with van der Waals surface area (Å²) in [6.07, 6.45) is 2.29. The lowest BCUT2D eigenvalue weighted by Crippen LogP contribution is -2.26. The van der Waals surface area contributed by atoms with Crippen LogP contribution in [-0.2, 0) is 24.3 Å². The number of rotatable bonds is 7. The lowest BCUT2D eigenvalue weighted by Gasteiger charge is -2.14. The Morgan fingerprint density at radius 1 is 1.36 bits per heavy atom. The predicted molar refractivity (Wildman–Crippen MR) is 89.4 cm³/mol. The molecule has 132 valence electrons. The fraction of sp³-hybridized carbons (Fsp3) is 0.412. The van der Waals surface area contributed by atoms with Crippen molar-refractivity contribution in [3.05, 3.63) is 41.8 Å². The lowest BCUT2D eigenvalue weighted by atomic mass is 10.2. The molecule has 0 radical (unpaired) electrons. The molecule has 0 spiro atoms. The molecule has 0 saturated carbocycles. The van der Waals surface area contributed by atoms with Crippen LogP contribution in [0.1, 0.15) is 30.7 Å². The van der Waals surface area contributed by atoms with Gasteiger partial charge in [0.15, 0.2) is 0 Å². The molecule has 25 heavy (non-hydrogen) atoms. The van der Waals surface area contributed by atoms with Crippen molar-refractivity contribution in [1.29, 1.82) is 0 Å². The highest BCUT2D eigenvalue weighted by molar-refractivity contribution is 5.75. The van der Waals surface area contributed by atoms with E-state index in [0.717, 1.165) is 23.7 Å². The third-order valence-corrected chi connectivity index (χ3v) is 3.84. The summed E-state index contributed by atoms with van der Waals surface area (Å²) in [5.41, 5.74) is 1.69. The van der Waals surface area contributed by atoms with Crippen LogP contribution in [-0.4, -0.2) is 37.8 Å². The molecule has 0 N–H and O–H groups in total. The second kappa shape index (κ2) is 7.33. The monoisotopic (exact) mass is 343 g/mol. The SMILES string of the molecule is CCn1nc(C)cc1-c1nnc(CCC(=O)N(C)Cc2ccco2)o1. The van der Waals surface area contributed by atoms with E-state index in [-0.39, 0.29) is 5.91 Å². The maximum absolute atomic E-state index is 12.2. The third-order valence-electron chi connectivity index (χ3n) is 3.84. The van der Waals surface area contributed by atoms with E-state index in [2.05, 4.69) is 15.3 Å². The van der Waals surface area contributed by atoms with Crippen molar-refractivity contribution < 1.29 is 13.6 Å². The van der Waals surface area contributed by atoms with E-state index in [1.807, 2.05) is 30.7 Å². The molecule has 8 heteroatoms. The molecule has 0 bridgehead atoms. The number of hydrogen-bond acceptors (Lipinski definition) is 6. The highest BCUT2D eigenvalue weighted by Gasteiger charge is 2.16. The van der Waals surface area contributed by atoms with Crippen molar-refractivity contribution in [3.8, 4) is 11.6 Å². The van der Waals surface area contributed by atoms with Crippen LogP contribution in [0.25, 0.3) is 11.6 Å². The van der Waals surface area contributed by atoms with Gasteiger partial charge >= 0.3 is 0 Å². The molecule has 8 nitrogen and oxygen atoms in total. The van der Waals surface area contributed by atoms with Crippen molar-refractivity contribution in [1.82, 2.24) is 24.9 Å². The number of aryl methyl sites for hydroxylation is 3. The number of hydrogen-bond donors (Lipinski definition) is 0. The van der Waals surface area contributed by atoms with Gasteiger partial charge in [-0.3, -0.25) is 9.48 Å². The smallest absolute Gasteiger partial charge is 0.265 e. The van der Waals surface area contributed by atoms with Crippen LogP contribution in [0.3, 0.4) is 0 Å². The highest BCUT2D eigenvalue weighted by atomic mass is 16.4. The number of furan rings is 1. The highest BCUT2D eigenvalue weighted by Crippen LogP contribution is 2.19. The van der Waals surface area contributed by atoms with E-state index < -0.39 is 0 Å². The van der Waals surface area contributed by atoms with Crippen LogP contribution in [0.5, 0.6) is 0 Å². The van der Waals surface area contributed by atoms with Crippen molar-refractivity contribution in [2.24, 2.45) is 0 Å². The van der Waals surface area contributed by atoms with Crippen molar-refractivity contribution in [3.63, 3.8) is 0 Å². The Morgan fingerprint density at radius 2 is 2.20 bits per heavy atom. The Labute approximate surface area is 145 Å². The van der Waals surface area contributed by atoms with Gasteiger partial charge in [0.2, 0.25) is 11.8 Å². The normalized spacial score (nSPS) is 11.0. The van der Waals surface area contributed by atoms with Gasteiger partial charge in [0.25, 0.3) is 5.89 Å². The molecule has 0 unspecified atom stereocenters. The van der Waals surface area contributed by atoms with Crippen LogP contribution in [0.4, 0.5) is 0 Å². The lowest BCUT2D eigenvalue weighted by molar-refractivity contribution is -0.130. The average Bonchev–Trinajstić information content (AvgIpc) is 3.32. The summed E-state index contributed by atoms with van der Waals surface area (Å²) in [6, 6.07) is 5.55. The van der Waals surface area contributed by atoms with E-state index in [4.69, 9.17) is 8.83 Å². The molecule has 0 aliphatic carbocycles. The molecule has 1 amide bonds. The topological polar surface area (TPSA) is 90.2 Å². The zero-order valence-corrected chi connectivity index (χ0v) is 14.6.